The van der Waals surface area contributed by atoms with E-state index in [0.29, 0.717) is 0 Å². The Morgan fingerprint density at radius 3 is 2.63 bits per heavy atom. The standard InChI is InChI=1S/C12H5F2NO3S/c13-6-3-5-8(4-7(6)14)15-1-2-19-11(15)9(10(5)16)12(17)18/h1-4H,(H,17,18). The number of carboxylic acid groups (broad SMARTS) is 1. The van der Waals surface area contributed by atoms with E-state index in [9.17, 15) is 18.4 Å². The molecule has 3 rings (SSSR count). The minimum absolute atomic E-state index is 0.144. The molecule has 0 saturated heterocycles. The van der Waals surface area contributed by atoms with Gasteiger partial charge in [-0.05, 0) is 6.07 Å². The maximum Gasteiger partial charge on any atom is 0.342 e. The highest BCUT2D eigenvalue weighted by Crippen LogP contribution is 2.23. The van der Waals surface area contributed by atoms with Crippen LogP contribution in [0, 0.1) is 11.6 Å². The van der Waals surface area contributed by atoms with Gasteiger partial charge in [0.05, 0.1) is 10.9 Å². The maximum absolute atomic E-state index is 13.3. The van der Waals surface area contributed by atoms with Gasteiger partial charge in [-0.2, -0.15) is 0 Å². The van der Waals surface area contributed by atoms with E-state index in [1.54, 1.807) is 5.38 Å². The Morgan fingerprint density at radius 2 is 1.95 bits per heavy atom. The summed E-state index contributed by atoms with van der Waals surface area (Å²) >= 11 is 1.05. The Labute approximate surface area is 108 Å². The summed E-state index contributed by atoms with van der Waals surface area (Å²) in [5.41, 5.74) is -1.11. The van der Waals surface area contributed by atoms with Crippen LogP contribution in [0.25, 0.3) is 15.7 Å². The molecule has 1 aromatic carbocycles. The number of halogens is 2. The lowest BCUT2D eigenvalue weighted by molar-refractivity contribution is 0.0697. The first kappa shape index (κ1) is 11.8. The molecule has 0 aliphatic rings. The molecule has 1 N–H and O–H groups in total. The van der Waals surface area contributed by atoms with E-state index in [1.807, 2.05) is 0 Å². The van der Waals surface area contributed by atoms with Gasteiger partial charge >= 0.3 is 5.97 Å². The van der Waals surface area contributed by atoms with Crippen LogP contribution < -0.4 is 5.43 Å². The molecule has 7 heteroatoms. The van der Waals surface area contributed by atoms with Crippen LogP contribution >= 0.6 is 11.3 Å². The van der Waals surface area contributed by atoms with Gasteiger partial charge < -0.3 is 9.51 Å². The molecule has 96 valence electrons. The lowest BCUT2D eigenvalue weighted by Gasteiger charge is -2.05. The molecule has 2 heterocycles. The van der Waals surface area contributed by atoms with E-state index in [0.717, 1.165) is 23.5 Å². The molecule has 0 atom stereocenters. The van der Waals surface area contributed by atoms with E-state index in [-0.39, 0.29) is 15.7 Å². The van der Waals surface area contributed by atoms with Crippen molar-refractivity contribution in [1.29, 1.82) is 0 Å². The van der Waals surface area contributed by atoms with Crippen molar-refractivity contribution in [1.82, 2.24) is 4.40 Å². The minimum Gasteiger partial charge on any atom is -0.477 e. The molecule has 4 nitrogen and oxygen atoms in total. The van der Waals surface area contributed by atoms with Gasteiger partial charge in [0.1, 0.15) is 10.4 Å². The van der Waals surface area contributed by atoms with Gasteiger partial charge in [0.15, 0.2) is 11.6 Å². The van der Waals surface area contributed by atoms with Crippen molar-refractivity contribution in [2.45, 2.75) is 0 Å². The molecule has 3 aromatic rings. The molecular weight excluding hydrogens is 276 g/mol. The second-order valence-corrected chi connectivity index (χ2v) is 4.77. The fourth-order valence-corrected chi connectivity index (χ4v) is 2.87. The first-order chi connectivity index (χ1) is 9.00. The number of aromatic carboxylic acids is 1. The normalized spacial score (nSPS) is 11.3. The average Bonchev–Trinajstić information content (AvgIpc) is 2.80. The fraction of sp³-hybridized carbons (Fsp3) is 0. The molecule has 0 radical (unpaired) electrons. The van der Waals surface area contributed by atoms with Crippen LogP contribution in [-0.4, -0.2) is 15.5 Å². The Hall–Kier alpha value is -2.28. The van der Waals surface area contributed by atoms with Gasteiger partial charge in [0.2, 0.25) is 5.43 Å². The van der Waals surface area contributed by atoms with Crippen molar-refractivity contribution >= 4 is 33.0 Å². The molecule has 2 aromatic heterocycles. The number of nitrogens with zero attached hydrogens (tertiary/aromatic N) is 1. The topological polar surface area (TPSA) is 58.8 Å². The first-order valence-corrected chi connectivity index (χ1v) is 6.02. The lowest BCUT2D eigenvalue weighted by atomic mass is 10.1. The molecule has 0 aliphatic carbocycles. The third kappa shape index (κ3) is 1.55. The second kappa shape index (κ2) is 3.86. The molecule has 0 bridgehead atoms. The maximum atomic E-state index is 13.3. The van der Waals surface area contributed by atoms with Crippen molar-refractivity contribution in [3.63, 3.8) is 0 Å². The summed E-state index contributed by atoms with van der Waals surface area (Å²) in [6.07, 6.45) is 1.51. The largest absolute Gasteiger partial charge is 0.477 e. The quantitative estimate of drug-likeness (QED) is 0.745. The van der Waals surface area contributed by atoms with Gasteiger partial charge in [0, 0.05) is 17.6 Å². The Morgan fingerprint density at radius 1 is 1.26 bits per heavy atom. The molecule has 0 unspecified atom stereocenters. The second-order valence-electron chi connectivity index (χ2n) is 3.87. The Bertz CT molecular complexity index is 897. The van der Waals surface area contributed by atoms with Gasteiger partial charge in [-0.1, -0.05) is 0 Å². The van der Waals surface area contributed by atoms with Gasteiger partial charge in [-0.3, -0.25) is 4.79 Å². The summed E-state index contributed by atoms with van der Waals surface area (Å²) in [4.78, 5) is 23.4. The Kier molecular flexibility index (Phi) is 2.39. The third-order valence-electron chi connectivity index (χ3n) is 2.81. The highest BCUT2D eigenvalue weighted by Gasteiger charge is 2.20. The molecule has 0 amide bonds. The van der Waals surface area contributed by atoms with Gasteiger partial charge in [-0.15, -0.1) is 11.3 Å². The van der Waals surface area contributed by atoms with E-state index < -0.39 is 28.6 Å². The number of aromatic nitrogens is 1. The Balaban J connectivity index is 2.68. The van der Waals surface area contributed by atoms with Crippen LogP contribution in [0.2, 0.25) is 0 Å². The average molecular weight is 281 g/mol. The van der Waals surface area contributed by atoms with E-state index in [4.69, 9.17) is 5.11 Å². The van der Waals surface area contributed by atoms with E-state index in [1.165, 1.54) is 10.6 Å². The fourth-order valence-electron chi connectivity index (χ4n) is 1.99. The van der Waals surface area contributed by atoms with Crippen molar-refractivity contribution in [2.24, 2.45) is 0 Å². The molecule has 0 spiro atoms. The molecule has 0 saturated carbocycles. The SMILES string of the molecule is O=C(O)c1c(=O)c2cc(F)c(F)cc2n2ccsc12. The molecule has 19 heavy (non-hydrogen) atoms. The lowest BCUT2D eigenvalue weighted by Crippen LogP contribution is -2.17. The van der Waals surface area contributed by atoms with Crippen LogP contribution in [0.15, 0.2) is 28.5 Å². The molecule has 0 aliphatic heterocycles. The van der Waals surface area contributed by atoms with Gasteiger partial charge in [-0.25, -0.2) is 13.6 Å². The monoisotopic (exact) mass is 281 g/mol. The summed E-state index contributed by atoms with van der Waals surface area (Å²) in [5, 5.41) is 10.5. The smallest absolute Gasteiger partial charge is 0.342 e. The number of rotatable bonds is 1. The molecular formula is C12H5F2NO3S. The van der Waals surface area contributed by atoms with Crippen LogP contribution in [0.1, 0.15) is 10.4 Å². The number of hydrogen-bond donors (Lipinski definition) is 1. The highest BCUT2D eigenvalue weighted by atomic mass is 32.1. The number of thiazole rings is 1. The van der Waals surface area contributed by atoms with Crippen LogP contribution in [0.5, 0.6) is 0 Å². The predicted molar refractivity (Wildman–Crippen MR) is 65.9 cm³/mol. The van der Waals surface area contributed by atoms with Crippen LogP contribution in [0.3, 0.4) is 0 Å². The van der Waals surface area contributed by atoms with Crippen molar-refractivity contribution in [2.75, 3.05) is 0 Å². The van der Waals surface area contributed by atoms with E-state index in [2.05, 4.69) is 0 Å². The van der Waals surface area contributed by atoms with Gasteiger partial charge in [0.25, 0.3) is 0 Å². The van der Waals surface area contributed by atoms with Crippen molar-refractivity contribution in [3.05, 3.63) is 51.1 Å². The van der Waals surface area contributed by atoms with Crippen LogP contribution in [0.4, 0.5) is 8.78 Å². The number of carboxylic acids is 1. The predicted octanol–water partition coefficient (Wildman–Crippen LogP) is 2.49. The minimum atomic E-state index is -1.39. The summed E-state index contributed by atoms with van der Waals surface area (Å²) in [6, 6.07) is 1.61. The number of pyridine rings is 1. The zero-order valence-corrected chi connectivity index (χ0v) is 10.0. The first-order valence-electron chi connectivity index (χ1n) is 5.14. The highest BCUT2D eigenvalue weighted by molar-refractivity contribution is 7.16. The number of carbonyl (C=O) groups is 1. The van der Waals surface area contributed by atoms with E-state index >= 15 is 0 Å². The third-order valence-corrected chi connectivity index (χ3v) is 3.69. The summed E-state index contributed by atoms with van der Waals surface area (Å²) in [6.45, 7) is 0. The van der Waals surface area contributed by atoms with Crippen molar-refractivity contribution < 1.29 is 18.7 Å². The summed E-state index contributed by atoms with van der Waals surface area (Å²) < 4.78 is 27.9. The zero-order valence-electron chi connectivity index (χ0n) is 9.18. The zero-order chi connectivity index (χ0) is 13.7. The summed E-state index contributed by atoms with van der Waals surface area (Å²) in [7, 11) is 0. The summed E-state index contributed by atoms with van der Waals surface area (Å²) in [5.74, 6) is -3.66. The van der Waals surface area contributed by atoms with Crippen molar-refractivity contribution in [3.8, 4) is 0 Å². The molecule has 0 fully saturated rings. The number of benzene rings is 1. The van der Waals surface area contributed by atoms with Crippen LogP contribution in [-0.2, 0) is 0 Å². The number of fused-ring (bicyclic) bond motifs is 3. The number of hydrogen-bond acceptors (Lipinski definition) is 3.